The second-order valence-corrected chi connectivity index (χ2v) is 3.60. The zero-order valence-corrected chi connectivity index (χ0v) is 11.3. The van der Waals surface area contributed by atoms with Crippen molar-refractivity contribution in [3.8, 4) is 5.75 Å². The Balaban J connectivity index is 0.00000289. The molecule has 4 nitrogen and oxygen atoms in total. The maximum absolute atomic E-state index is 12.9. The first kappa shape index (κ1) is 16.7. The number of halogens is 2. The first-order chi connectivity index (χ1) is 8.17. The fraction of sp³-hybridized carbons (Fsp3) is 0.417. The summed E-state index contributed by atoms with van der Waals surface area (Å²) < 4.78 is 17.9. The minimum atomic E-state index is -0.393. The smallest absolute Gasteiger partial charge is 0.224 e. The third-order valence-corrected chi connectivity index (χ3v) is 2.27. The van der Waals surface area contributed by atoms with Crippen molar-refractivity contribution in [1.29, 1.82) is 0 Å². The molecule has 1 aromatic carbocycles. The SMILES string of the molecule is CNCCCC(=O)Nc1ccc(F)cc1OC.Cl. The summed E-state index contributed by atoms with van der Waals surface area (Å²) in [6, 6.07) is 4.01. The van der Waals surface area contributed by atoms with Crippen molar-refractivity contribution in [3.05, 3.63) is 24.0 Å². The molecule has 0 heterocycles. The topological polar surface area (TPSA) is 50.4 Å². The monoisotopic (exact) mass is 276 g/mol. The van der Waals surface area contributed by atoms with Crippen LogP contribution < -0.4 is 15.4 Å². The lowest BCUT2D eigenvalue weighted by Crippen LogP contribution is -2.15. The van der Waals surface area contributed by atoms with E-state index in [1.807, 2.05) is 7.05 Å². The van der Waals surface area contributed by atoms with Gasteiger partial charge in [0, 0.05) is 12.5 Å². The average molecular weight is 277 g/mol. The van der Waals surface area contributed by atoms with Crippen LogP contribution in [0.4, 0.5) is 10.1 Å². The molecule has 18 heavy (non-hydrogen) atoms. The Kier molecular flexibility index (Phi) is 8.07. The molecule has 0 fully saturated rings. The minimum Gasteiger partial charge on any atom is -0.494 e. The Morgan fingerprint density at radius 2 is 2.17 bits per heavy atom. The molecule has 1 amide bonds. The molecule has 102 valence electrons. The molecule has 0 aliphatic carbocycles. The zero-order valence-electron chi connectivity index (χ0n) is 10.5. The average Bonchev–Trinajstić information content (AvgIpc) is 2.32. The molecule has 0 radical (unpaired) electrons. The van der Waals surface area contributed by atoms with Gasteiger partial charge in [0.25, 0.3) is 0 Å². The lowest BCUT2D eigenvalue weighted by molar-refractivity contribution is -0.116. The molecule has 0 aliphatic rings. The first-order valence-electron chi connectivity index (χ1n) is 5.45. The van der Waals surface area contributed by atoms with Crippen LogP contribution in [0.3, 0.4) is 0 Å². The molecule has 1 rings (SSSR count). The number of carbonyl (C=O) groups is 1. The Labute approximate surface area is 112 Å². The van der Waals surface area contributed by atoms with Crippen molar-refractivity contribution in [2.75, 3.05) is 26.0 Å². The minimum absolute atomic E-state index is 0. The Bertz CT molecular complexity index is 388. The van der Waals surface area contributed by atoms with Crippen LogP contribution in [0, 0.1) is 5.82 Å². The van der Waals surface area contributed by atoms with Crippen LogP contribution in [-0.2, 0) is 4.79 Å². The molecule has 0 spiro atoms. The molecule has 0 aromatic heterocycles. The summed E-state index contributed by atoms with van der Waals surface area (Å²) in [4.78, 5) is 11.6. The standard InChI is InChI=1S/C12H17FN2O2.ClH/c1-14-7-3-4-12(16)15-10-6-5-9(13)8-11(10)17-2;/h5-6,8,14H,3-4,7H2,1-2H3,(H,15,16);1H. The van der Waals surface area contributed by atoms with Gasteiger partial charge < -0.3 is 15.4 Å². The molecular weight excluding hydrogens is 259 g/mol. The van der Waals surface area contributed by atoms with Crippen LogP contribution in [0.15, 0.2) is 18.2 Å². The molecule has 0 saturated carbocycles. The van der Waals surface area contributed by atoms with Gasteiger partial charge in [0.1, 0.15) is 11.6 Å². The van der Waals surface area contributed by atoms with Crippen LogP contribution in [0.5, 0.6) is 5.75 Å². The van der Waals surface area contributed by atoms with E-state index >= 15 is 0 Å². The molecule has 0 saturated heterocycles. The van der Waals surface area contributed by atoms with Crippen molar-refractivity contribution < 1.29 is 13.9 Å². The molecule has 6 heteroatoms. The Morgan fingerprint density at radius 3 is 2.78 bits per heavy atom. The van der Waals surface area contributed by atoms with Gasteiger partial charge in [-0.05, 0) is 32.1 Å². The normalized spacial score (nSPS) is 9.50. The number of hydrogen-bond acceptors (Lipinski definition) is 3. The van der Waals surface area contributed by atoms with Gasteiger partial charge >= 0.3 is 0 Å². The van der Waals surface area contributed by atoms with Crippen molar-refractivity contribution in [2.45, 2.75) is 12.8 Å². The Hall–Kier alpha value is -1.33. The second-order valence-electron chi connectivity index (χ2n) is 3.60. The van der Waals surface area contributed by atoms with Crippen LogP contribution in [0.1, 0.15) is 12.8 Å². The van der Waals surface area contributed by atoms with Gasteiger partial charge in [0.15, 0.2) is 0 Å². The number of anilines is 1. The maximum Gasteiger partial charge on any atom is 0.224 e. The molecule has 0 aliphatic heterocycles. The predicted molar refractivity (Wildman–Crippen MR) is 72.0 cm³/mol. The highest BCUT2D eigenvalue weighted by atomic mass is 35.5. The lowest BCUT2D eigenvalue weighted by Gasteiger charge is -2.10. The Morgan fingerprint density at radius 1 is 1.44 bits per heavy atom. The fourth-order valence-electron chi connectivity index (χ4n) is 1.41. The third kappa shape index (κ3) is 5.33. The largest absolute Gasteiger partial charge is 0.494 e. The molecule has 0 bridgehead atoms. The zero-order chi connectivity index (χ0) is 12.7. The van der Waals surface area contributed by atoms with E-state index in [4.69, 9.17) is 4.74 Å². The molecular formula is C12H18ClFN2O2. The number of methoxy groups -OCH3 is 1. The highest BCUT2D eigenvalue weighted by Gasteiger charge is 2.08. The van der Waals surface area contributed by atoms with Crippen LogP contribution >= 0.6 is 12.4 Å². The van der Waals surface area contributed by atoms with E-state index in [0.717, 1.165) is 13.0 Å². The molecule has 2 N–H and O–H groups in total. The van der Waals surface area contributed by atoms with Crippen molar-refractivity contribution >= 4 is 24.0 Å². The first-order valence-corrected chi connectivity index (χ1v) is 5.45. The summed E-state index contributed by atoms with van der Waals surface area (Å²) in [5.41, 5.74) is 0.489. The highest BCUT2D eigenvalue weighted by molar-refractivity contribution is 5.92. The van der Waals surface area contributed by atoms with Crippen molar-refractivity contribution in [3.63, 3.8) is 0 Å². The number of carbonyl (C=O) groups excluding carboxylic acids is 1. The summed E-state index contributed by atoms with van der Waals surface area (Å²) >= 11 is 0. The van der Waals surface area contributed by atoms with E-state index in [9.17, 15) is 9.18 Å². The number of benzene rings is 1. The number of nitrogens with one attached hydrogen (secondary N) is 2. The summed E-state index contributed by atoms with van der Waals surface area (Å²) in [6.07, 6.45) is 1.17. The number of amides is 1. The molecule has 0 atom stereocenters. The van der Waals surface area contributed by atoms with Crippen LogP contribution in [0.2, 0.25) is 0 Å². The van der Waals surface area contributed by atoms with Gasteiger partial charge in [-0.1, -0.05) is 0 Å². The van der Waals surface area contributed by atoms with Gasteiger partial charge in [-0.2, -0.15) is 0 Å². The number of hydrogen-bond donors (Lipinski definition) is 2. The summed E-state index contributed by atoms with van der Waals surface area (Å²) in [5, 5.41) is 5.65. The van der Waals surface area contributed by atoms with E-state index in [1.54, 1.807) is 0 Å². The molecule has 1 aromatic rings. The summed E-state index contributed by atoms with van der Waals surface area (Å²) in [7, 11) is 3.27. The van der Waals surface area contributed by atoms with E-state index in [-0.39, 0.29) is 18.3 Å². The van der Waals surface area contributed by atoms with Crippen LogP contribution in [0.25, 0.3) is 0 Å². The van der Waals surface area contributed by atoms with Gasteiger partial charge in [-0.15, -0.1) is 12.4 Å². The number of ether oxygens (including phenoxy) is 1. The number of rotatable bonds is 6. The van der Waals surface area contributed by atoms with E-state index < -0.39 is 5.82 Å². The molecule has 0 unspecified atom stereocenters. The third-order valence-electron chi connectivity index (χ3n) is 2.27. The second kappa shape index (κ2) is 8.72. The van der Waals surface area contributed by atoms with Crippen molar-refractivity contribution in [2.24, 2.45) is 0 Å². The van der Waals surface area contributed by atoms with E-state index in [1.165, 1.54) is 25.3 Å². The van der Waals surface area contributed by atoms with Gasteiger partial charge in [0.2, 0.25) is 5.91 Å². The maximum atomic E-state index is 12.9. The quantitative estimate of drug-likeness (QED) is 0.783. The van der Waals surface area contributed by atoms with Crippen LogP contribution in [-0.4, -0.2) is 26.6 Å². The predicted octanol–water partition coefficient (Wildman–Crippen LogP) is 2.19. The van der Waals surface area contributed by atoms with E-state index in [0.29, 0.717) is 17.9 Å². The van der Waals surface area contributed by atoms with Crippen molar-refractivity contribution in [1.82, 2.24) is 5.32 Å². The lowest BCUT2D eigenvalue weighted by atomic mass is 10.2. The van der Waals surface area contributed by atoms with Gasteiger partial charge in [-0.3, -0.25) is 4.79 Å². The van der Waals surface area contributed by atoms with E-state index in [2.05, 4.69) is 10.6 Å². The highest BCUT2D eigenvalue weighted by Crippen LogP contribution is 2.24. The van der Waals surface area contributed by atoms with Gasteiger partial charge in [0.05, 0.1) is 12.8 Å². The summed E-state index contributed by atoms with van der Waals surface area (Å²) in [5.74, 6) is -0.174. The summed E-state index contributed by atoms with van der Waals surface area (Å²) in [6.45, 7) is 0.786. The van der Waals surface area contributed by atoms with Gasteiger partial charge in [-0.25, -0.2) is 4.39 Å². The fourth-order valence-corrected chi connectivity index (χ4v) is 1.41.